The second kappa shape index (κ2) is 3.84. The molecule has 0 aliphatic carbocycles. The first-order chi connectivity index (χ1) is 9.97. The summed E-state index contributed by atoms with van der Waals surface area (Å²) in [7, 11) is -4.38. The lowest BCUT2D eigenvalue weighted by Crippen LogP contribution is -2.04. The summed E-state index contributed by atoms with van der Waals surface area (Å²) in [4.78, 5) is -0.215. The van der Waals surface area contributed by atoms with Gasteiger partial charge >= 0.3 is 0 Å². The maximum Gasteiger partial charge on any atom is 0.297 e. The predicted octanol–water partition coefficient (Wildman–Crippen LogP) is 3.41. The Balaban J connectivity index is 2.41. The van der Waals surface area contributed by atoms with Crippen molar-refractivity contribution >= 4 is 48.1 Å². The molecule has 0 fully saturated rings. The van der Waals surface area contributed by atoms with Crippen LogP contribution in [0.3, 0.4) is 0 Å². The number of nitrogens with two attached hydrogens (primary N) is 1. The van der Waals surface area contributed by atoms with Gasteiger partial charge in [0.05, 0.1) is 5.69 Å². The van der Waals surface area contributed by atoms with E-state index in [1.807, 2.05) is 36.4 Å². The molecule has 4 aromatic rings. The summed E-state index contributed by atoms with van der Waals surface area (Å²) >= 11 is 0. The zero-order valence-electron chi connectivity index (χ0n) is 10.9. The van der Waals surface area contributed by atoms with Crippen LogP contribution in [0.2, 0.25) is 0 Å². The molecule has 0 saturated carbocycles. The highest BCUT2D eigenvalue weighted by Gasteiger charge is 2.21. The summed E-state index contributed by atoms with van der Waals surface area (Å²) in [6, 6.07) is 14.9. The molecule has 0 saturated heterocycles. The molecule has 4 nitrogen and oxygen atoms in total. The van der Waals surface area contributed by atoms with Crippen LogP contribution in [-0.4, -0.2) is 13.0 Å². The monoisotopic (exact) mass is 297 g/mol. The molecular formula is C16H11NO3S. The topological polar surface area (TPSA) is 80.4 Å². The minimum atomic E-state index is -4.38. The fourth-order valence-electron chi connectivity index (χ4n) is 3.10. The molecule has 21 heavy (non-hydrogen) atoms. The van der Waals surface area contributed by atoms with Gasteiger partial charge in [0.15, 0.2) is 0 Å². The molecular weight excluding hydrogens is 286 g/mol. The SMILES string of the molecule is Nc1cc2ccc3cccc4ccc(c1S(=O)(=O)O)c2c34. The Bertz CT molecular complexity index is 1100. The van der Waals surface area contributed by atoms with E-state index in [2.05, 4.69) is 0 Å². The summed E-state index contributed by atoms with van der Waals surface area (Å²) < 4.78 is 32.8. The molecule has 0 aliphatic heterocycles. The van der Waals surface area contributed by atoms with Crippen molar-refractivity contribution in [3.63, 3.8) is 0 Å². The number of hydrogen-bond donors (Lipinski definition) is 2. The maximum atomic E-state index is 11.7. The van der Waals surface area contributed by atoms with Crippen molar-refractivity contribution in [1.82, 2.24) is 0 Å². The first-order valence-corrected chi connectivity index (χ1v) is 7.84. The number of benzene rings is 4. The summed E-state index contributed by atoms with van der Waals surface area (Å²) in [5.41, 5.74) is 5.90. The Morgan fingerprint density at radius 2 is 1.48 bits per heavy atom. The molecule has 0 spiro atoms. The van der Waals surface area contributed by atoms with E-state index in [4.69, 9.17) is 5.73 Å². The van der Waals surface area contributed by atoms with Crippen LogP contribution in [-0.2, 0) is 10.1 Å². The van der Waals surface area contributed by atoms with E-state index in [1.165, 1.54) is 0 Å². The van der Waals surface area contributed by atoms with E-state index in [0.29, 0.717) is 5.39 Å². The summed E-state index contributed by atoms with van der Waals surface area (Å²) in [6.07, 6.45) is 0. The van der Waals surface area contributed by atoms with Crippen LogP contribution in [0.4, 0.5) is 5.69 Å². The molecule has 0 amide bonds. The van der Waals surface area contributed by atoms with Crippen molar-refractivity contribution in [3.8, 4) is 0 Å². The summed E-state index contributed by atoms with van der Waals surface area (Å²) in [5.74, 6) is 0. The standard InChI is InChI=1S/C16H11NO3S/c17-13-8-11-5-4-9-2-1-3-10-6-7-12(15(11)14(9)10)16(13)21(18,19)20/h1-8H,17H2,(H,18,19,20). The Hall–Kier alpha value is -2.37. The van der Waals surface area contributed by atoms with Gasteiger partial charge in [0.1, 0.15) is 4.90 Å². The molecule has 0 atom stereocenters. The highest BCUT2D eigenvalue weighted by Crippen LogP contribution is 2.39. The van der Waals surface area contributed by atoms with Crippen molar-refractivity contribution in [2.24, 2.45) is 0 Å². The van der Waals surface area contributed by atoms with Gasteiger partial charge in [0.25, 0.3) is 10.1 Å². The van der Waals surface area contributed by atoms with Crippen LogP contribution in [0.25, 0.3) is 32.3 Å². The minimum absolute atomic E-state index is 0.0587. The van der Waals surface area contributed by atoms with Gasteiger partial charge in [0, 0.05) is 5.39 Å². The number of hydrogen-bond acceptors (Lipinski definition) is 3. The van der Waals surface area contributed by atoms with Crippen LogP contribution < -0.4 is 5.73 Å². The lowest BCUT2D eigenvalue weighted by Gasteiger charge is -2.14. The van der Waals surface area contributed by atoms with Crippen LogP contribution >= 0.6 is 0 Å². The first kappa shape index (κ1) is 12.4. The first-order valence-electron chi connectivity index (χ1n) is 6.40. The van der Waals surface area contributed by atoms with Gasteiger partial charge in [0.2, 0.25) is 0 Å². The highest BCUT2D eigenvalue weighted by atomic mass is 32.2. The molecule has 4 rings (SSSR count). The Morgan fingerprint density at radius 3 is 2.14 bits per heavy atom. The van der Waals surface area contributed by atoms with Gasteiger partial charge in [-0.05, 0) is 33.0 Å². The third-order valence-corrected chi connectivity index (χ3v) is 4.86. The molecule has 0 unspecified atom stereocenters. The fraction of sp³-hybridized carbons (Fsp3) is 0. The van der Waals surface area contributed by atoms with Crippen LogP contribution in [0.5, 0.6) is 0 Å². The second-order valence-electron chi connectivity index (χ2n) is 5.13. The molecule has 5 heteroatoms. The summed E-state index contributed by atoms with van der Waals surface area (Å²) in [5, 5.41) is 5.16. The average Bonchev–Trinajstić information content (AvgIpc) is 2.42. The number of anilines is 1. The quantitative estimate of drug-likeness (QED) is 0.320. The third kappa shape index (κ3) is 1.62. The van der Waals surface area contributed by atoms with E-state index in [-0.39, 0.29) is 10.6 Å². The Morgan fingerprint density at radius 1 is 0.857 bits per heavy atom. The van der Waals surface area contributed by atoms with Gasteiger partial charge in [-0.2, -0.15) is 8.42 Å². The van der Waals surface area contributed by atoms with Gasteiger partial charge < -0.3 is 5.73 Å². The van der Waals surface area contributed by atoms with Crippen molar-refractivity contribution < 1.29 is 13.0 Å². The molecule has 0 bridgehead atoms. The molecule has 3 N–H and O–H groups in total. The Kier molecular flexibility index (Phi) is 2.26. The average molecular weight is 297 g/mol. The molecule has 0 heterocycles. The van der Waals surface area contributed by atoms with E-state index in [0.717, 1.165) is 26.9 Å². The molecule has 4 aromatic carbocycles. The molecule has 104 valence electrons. The van der Waals surface area contributed by atoms with Crippen molar-refractivity contribution in [2.45, 2.75) is 4.90 Å². The van der Waals surface area contributed by atoms with Gasteiger partial charge in [-0.3, -0.25) is 4.55 Å². The zero-order chi connectivity index (χ0) is 14.8. The van der Waals surface area contributed by atoms with Gasteiger partial charge in [-0.15, -0.1) is 0 Å². The van der Waals surface area contributed by atoms with Crippen molar-refractivity contribution in [2.75, 3.05) is 5.73 Å². The molecule has 0 aliphatic rings. The highest BCUT2D eigenvalue weighted by molar-refractivity contribution is 7.86. The largest absolute Gasteiger partial charge is 0.398 e. The number of rotatable bonds is 1. The second-order valence-corrected chi connectivity index (χ2v) is 6.48. The summed E-state index contributed by atoms with van der Waals surface area (Å²) in [6.45, 7) is 0. The Labute approximate surface area is 120 Å². The van der Waals surface area contributed by atoms with Crippen molar-refractivity contribution in [1.29, 1.82) is 0 Å². The predicted molar refractivity (Wildman–Crippen MR) is 84.4 cm³/mol. The van der Waals surface area contributed by atoms with Gasteiger partial charge in [-0.25, -0.2) is 0 Å². The van der Waals surface area contributed by atoms with E-state index >= 15 is 0 Å². The molecule has 0 radical (unpaired) electrons. The van der Waals surface area contributed by atoms with Crippen LogP contribution in [0, 0.1) is 0 Å². The zero-order valence-corrected chi connectivity index (χ0v) is 11.7. The van der Waals surface area contributed by atoms with Crippen LogP contribution in [0.1, 0.15) is 0 Å². The van der Waals surface area contributed by atoms with E-state index in [1.54, 1.807) is 12.1 Å². The fourth-order valence-corrected chi connectivity index (χ4v) is 3.90. The lowest BCUT2D eigenvalue weighted by molar-refractivity contribution is 0.484. The van der Waals surface area contributed by atoms with Crippen LogP contribution in [0.15, 0.2) is 53.4 Å². The maximum absolute atomic E-state index is 11.7. The normalized spacial score (nSPS) is 12.6. The lowest BCUT2D eigenvalue weighted by atomic mass is 9.94. The van der Waals surface area contributed by atoms with E-state index in [9.17, 15) is 13.0 Å². The van der Waals surface area contributed by atoms with Crippen molar-refractivity contribution in [3.05, 3.63) is 48.5 Å². The molecule has 0 aromatic heterocycles. The van der Waals surface area contributed by atoms with E-state index < -0.39 is 10.1 Å². The van der Waals surface area contributed by atoms with Gasteiger partial charge in [-0.1, -0.05) is 42.5 Å². The minimum Gasteiger partial charge on any atom is -0.398 e. The number of nitrogen functional groups attached to an aromatic ring is 1. The third-order valence-electron chi connectivity index (χ3n) is 3.88. The smallest absolute Gasteiger partial charge is 0.297 e.